The lowest BCUT2D eigenvalue weighted by Gasteiger charge is -2.07. The van der Waals surface area contributed by atoms with Crippen LogP contribution < -0.4 is 0 Å². The Labute approximate surface area is 105 Å². The maximum Gasteiger partial charge on any atom is 0.113 e. The molecule has 0 saturated heterocycles. The Balaban J connectivity index is 2.09. The summed E-state index contributed by atoms with van der Waals surface area (Å²) in [5, 5.41) is 0.747. The van der Waals surface area contributed by atoms with Crippen LogP contribution in [0.4, 0.5) is 0 Å². The minimum absolute atomic E-state index is 0.637. The van der Waals surface area contributed by atoms with E-state index in [1.165, 1.54) is 18.7 Å². The van der Waals surface area contributed by atoms with Gasteiger partial charge in [0.05, 0.1) is 17.6 Å². The molecule has 4 heteroatoms. The summed E-state index contributed by atoms with van der Waals surface area (Å²) in [6.45, 7) is 1.58. The maximum atomic E-state index is 6.01. The molecule has 1 heterocycles. The van der Waals surface area contributed by atoms with Gasteiger partial charge in [-0.05, 0) is 31.0 Å². The van der Waals surface area contributed by atoms with E-state index in [4.69, 9.17) is 21.3 Å². The highest BCUT2D eigenvalue weighted by atomic mass is 35.5. The molecule has 1 saturated carbocycles. The van der Waals surface area contributed by atoms with Gasteiger partial charge >= 0.3 is 0 Å². The highest BCUT2D eigenvalue weighted by molar-refractivity contribution is 6.31. The van der Waals surface area contributed by atoms with E-state index in [1.807, 2.05) is 18.2 Å². The van der Waals surface area contributed by atoms with Crippen LogP contribution in [0.5, 0.6) is 0 Å². The summed E-state index contributed by atoms with van der Waals surface area (Å²) in [6, 6.07) is 5.91. The molecule has 0 unspecified atom stereocenters. The summed E-state index contributed by atoms with van der Waals surface area (Å²) in [5.41, 5.74) is 2.16. The Morgan fingerprint density at radius 3 is 3.00 bits per heavy atom. The van der Waals surface area contributed by atoms with Crippen molar-refractivity contribution in [3.63, 3.8) is 0 Å². The van der Waals surface area contributed by atoms with Gasteiger partial charge in [-0.25, -0.2) is 4.98 Å². The number of hydrogen-bond acceptors (Lipinski definition) is 2. The summed E-state index contributed by atoms with van der Waals surface area (Å²) in [7, 11) is 1.73. The molecule has 0 bridgehead atoms. The summed E-state index contributed by atoms with van der Waals surface area (Å²) < 4.78 is 7.44. The normalized spacial score (nSPS) is 15.6. The molecule has 3 nitrogen and oxygen atoms in total. The van der Waals surface area contributed by atoms with Gasteiger partial charge in [-0.3, -0.25) is 0 Å². The quantitative estimate of drug-likeness (QED) is 0.833. The van der Waals surface area contributed by atoms with Crippen LogP contribution in [-0.4, -0.2) is 23.3 Å². The van der Waals surface area contributed by atoms with E-state index in [-0.39, 0.29) is 0 Å². The summed E-state index contributed by atoms with van der Waals surface area (Å²) >= 11 is 6.01. The average molecular weight is 251 g/mol. The van der Waals surface area contributed by atoms with Gasteiger partial charge in [-0.1, -0.05) is 11.6 Å². The molecule has 1 aromatic heterocycles. The van der Waals surface area contributed by atoms with Crippen LogP contribution in [0.3, 0.4) is 0 Å². The van der Waals surface area contributed by atoms with E-state index >= 15 is 0 Å². The van der Waals surface area contributed by atoms with E-state index < -0.39 is 0 Å². The fraction of sp³-hybridized carbons (Fsp3) is 0.462. The molecular weight excluding hydrogens is 236 g/mol. The first-order valence-electron chi connectivity index (χ1n) is 5.94. The van der Waals surface area contributed by atoms with Crippen molar-refractivity contribution in [2.24, 2.45) is 0 Å². The van der Waals surface area contributed by atoms with Gasteiger partial charge in [0.15, 0.2) is 0 Å². The second kappa shape index (κ2) is 4.31. The van der Waals surface area contributed by atoms with Crippen molar-refractivity contribution in [3.8, 4) is 0 Å². The number of methoxy groups -OCH3 is 1. The Kier molecular flexibility index (Phi) is 2.81. The number of aromatic nitrogens is 2. The molecule has 1 aliphatic carbocycles. The smallest absolute Gasteiger partial charge is 0.113 e. The molecule has 2 aromatic rings. The Morgan fingerprint density at radius 1 is 1.47 bits per heavy atom. The van der Waals surface area contributed by atoms with Crippen LogP contribution in [0.15, 0.2) is 18.2 Å². The van der Waals surface area contributed by atoms with E-state index in [1.54, 1.807) is 7.11 Å². The lowest BCUT2D eigenvalue weighted by atomic mass is 10.3. The van der Waals surface area contributed by atoms with E-state index in [2.05, 4.69) is 4.57 Å². The molecule has 1 fully saturated rings. The van der Waals surface area contributed by atoms with Crippen molar-refractivity contribution >= 4 is 22.6 Å². The number of ether oxygens (including phenoxy) is 1. The molecule has 17 heavy (non-hydrogen) atoms. The number of benzene rings is 1. The van der Waals surface area contributed by atoms with Gasteiger partial charge in [-0.2, -0.15) is 0 Å². The van der Waals surface area contributed by atoms with Crippen LogP contribution >= 0.6 is 11.6 Å². The second-order valence-electron chi connectivity index (χ2n) is 4.52. The average Bonchev–Trinajstić information content (AvgIpc) is 3.09. The lowest BCUT2D eigenvalue weighted by molar-refractivity contribution is 0.187. The third-order valence-corrected chi connectivity index (χ3v) is 3.44. The van der Waals surface area contributed by atoms with Gasteiger partial charge in [0.2, 0.25) is 0 Å². The summed E-state index contributed by atoms with van der Waals surface area (Å²) in [5.74, 6) is 1.83. The van der Waals surface area contributed by atoms with Crippen molar-refractivity contribution in [1.82, 2.24) is 9.55 Å². The highest BCUT2D eigenvalue weighted by Crippen LogP contribution is 2.40. The Bertz CT molecular complexity index is 546. The molecule has 0 radical (unpaired) electrons. The van der Waals surface area contributed by atoms with E-state index in [9.17, 15) is 0 Å². The monoisotopic (exact) mass is 250 g/mol. The van der Waals surface area contributed by atoms with Crippen LogP contribution in [0.25, 0.3) is 11.0 Å². The molecule has 0 aliphatic heterocycles. The van der Waals surface area contributed by atoms with E-state index in [0.717, 1.165) is 22.6 Å². The van der Waals surface area contributed by atoms with Crippen LogP contribution in [0.1, 0.15) is 24.6 Å². The SMILES string of the molecule is COCCn1c(C2CC2)nc2cc(Cl)ccc21. The number of halogens is 1. The third-order valence-electron chi connectivity index (χ3n) is 3.20. The molecule has 90 valence electrons. The Morgan fingerprint density at radius 2 is 2.29 bits per heavy atom. The minimum atomic E-state index is 0.637. The number of nitrogens with zero attached hydrogens (tertiary/aromatic N) is 2. The second-order valence-corrected chi connectivity index (χ2v) is 4.96. The summed E-state index contributed by atoms with van der Waals surface area (Å²) in [6.07, 6.45) is 2.51. The van der Waals surface area contributed by atoms with Crippen molar-refractivity contribution in [1.29, 1.82) is 0 Å². The molecule has 0 N–H and O–H groups in total. The van der Waals surface area contributed by atoms with Gasteiger partial charge < -0.3 is 9.30 Å². The molecule has 1 aromatic carbocycles. The number of imidazole rings is 1. The number of rotatable bonds is 4. The molecular formula is C13H15ClN2O. The minimum Gasteiger partial charge on any atom is -0.383 e. The maximum absolute atomic E-state index is 6.01. The van der Waals surface area contributed by atoms with Gasteiger partial charge in [0, 0.05) is 24.6 Å². The molecule has 0 atom stereocenters. The van der Waals surface area contributed by atoms with Gasteiger partial charge in [0.25, 0.3) is 0 Å². The van der Waals surface area contributed by atoms with Crippen LogP contribution in [-0.2, 0) is 11.3 Å². The largest absolute Gasteiger partial charge is 0.383 e. The third kappa shape index (κ3) is 2.05. The molecule has 0 amide bonds. The van der Waals surface area contributed by atoms with Crippen LogP contribution in [0, 0.1) is 0 Å². The predicted molar refractivity (Wildman–Crippen MR) is 68.6 cm³/mol. The molecule has 1 aliphatic rings. The summed E-state index contributed by atoms with van der Waals surface area (Å²) in [4.78, 5) is 4.71. The highest BCUT2D eigenvalue weighted by Gasteiger charge is 2.29. The topological polar surface area (TPSA) is 27.1 Å². The Hall–Kier alpha value is -1.06. The van der Waals surface area contributed by atoms with Crippen molar-refractivity contribution in [3.05, 3.63) is 29.0 Å². The zero-order valence-electron chi connectivity index (χ0n) is 9.82. The number of hydrogen-bond donors (Lipinski definition) is 0. The van der Waals surface area contributed by atoms with Crippen molar-refractivity contribution in [2.75, 3.05) is 13.7 Å². The van der Waals surface area contributed by atoms with Gasteiger partial charge in [-0.15, -0.1) is 0 Å². The molecule has 3 rings (SSSR count). The van der Waals surface area contributed by atoms with E-state index in [0.29, 0.717) is 12.5 Å². The fourth-order valence-electron chi connectivity index (χ4n) is 2.19. The zero-order chi connectivity index (χ0) is 11.8. The first kappa shape index (κ1) is 11.1. The molecule has 0 spiro atoms. The van der Waals surface area contributed by atoms with Crippen LogP contribution in [0.2, 0.25) is 5.02 Å². The van der Waals surface area contributed by atoms with Gasteiger partial charge in [0.1, 0.15) is 5.82 Å². The predicted octanol–water partition coefficient (Wildman–Crippen LogP) is 3.21. The fourth-order valence-corrected chi connectivity index (χ4v) is 2.36. The zero-order valence-corrected chi connectivity index (χ0v) is 10.6. The number of fused-ring (bicyclic) bond motifs is 1. The first-order valence-corrected chi connectivity index (χ1v) is 6.32. The lowest BCUT2D eigenvalue weighted by Crippen LogP contribution is -2.07. The van der Waals surface area contributed by atoms with Crippen molar-refractivity contribution in [2.45, 2.75) is 25.3 Å². The first-order chi connectivity index (χ1) is 8.29. The standard InChI is InChI=1S/C13H15ClN2O/c1-17-7-6-16-12-5-4-10(14)8-11(12)15-13(16)9-2-3-9/h4-5,8-9H,2-3,6-7H2,1H3. The van der Waals surface area contributed by atoms with Crippen molar-refractivity contribution < 1.29 is 4.74 Å².